The smallest absolute Gasteiger partial charge is 0.127 e. The van der Waals surface area contributed by atoms with Crippen LogP contribution >= 0.6 is 0 Å². The fourth-order valence-electron chi connectivity index (χ4n) is 1.79. The molecule has 1 aromatic heterocycles. The Labute approximate surface area is 92.8 Å². The van der Waals surface area contributed by atoms with E-state index in [1.807, 2.05) is 19.1 Å². The van der Waals surface area contributed by atoms with Crippen LogP contribution in [-0.4, -0.2) is 27.5 Å². The zero-order chi connectivity index (χ0) is 10.7. The Bertz CT molecular complexity index is 361. The third-order valence-electron chi connectivity index (χ3n) is 2.65. The molecular formula is C11H16N2OS. The highest BCUT2D eigenvalue weighted by Crippen LogP contribution is 2.15. The van der Waals surface area contributed by atoms with Gasteiger partial charge in [-0.15, -0.1) is 0 Å². The van der Waals surface area contributed by atoms with E-state index in [9.17, 15) is 4.21 Å². The van der Waals surface area contributed by atoms with Crippen molar-refractivity contribution < 1.29 is 4.21 Å². The Morgan fingerprint density at radius 3 is 3.13 bits per heavy atom. The lowest BCUT2D eigenvalue weighted by atomic mass is 10.2. The lowest BCUT2D eigenvalue weighted by Gasteiger charge is -2.21. The predicted octanol–water partition coefficient (Wildman–Crippen LogP) is 1.25. The molecule has 0 spiro atoms. The Balaban J connectivity index is 2.12. The quantitative estimate of drug-likeness (QED) is 0.822. The van der Waals surface area contributed by atoms with Crippen LogP contribution in [0.15, 0.2) is 23.4 Å². The number of aromatic nitrogens is 1. The fraction of sp³-hybridized carbons (Fsp3) is 0.545. The molecule has 1 aromatic rings. The molecular weight excluding hydrogens is 208 g/mol. The van der Waals surface area contributed by atoms with Gasteiger partial charge >= 0.3 is 0 Å². The van der Waals surface area contributed by atoms with E-state index in [2.05, 4.69) is 10.3 Å². The van der Waals surface area contributed by atoms with E-state index in [1.165, 1.54) is 0 Å². The van der Waals surface area contributed by atoms with E-state index in [0.717, 1.165) is 36.5 Å². The van der Waals surface area contributed by atoms with Crippen LogP contribution < -0.4 is 5.32 Å². The zero-order valence-corrected chi connectivity index (χ0v) is 9.72. The standard InChI is InChI=1S/C11H16N2OS/c1-9-4-6-13-11(7-9)15(14)10-3-2-5-12-8-10/h4,6-7,10,12H,2-3,5,8H2,1H3. The molecule has 2 rings (SSSR count). The van der Waals surface area contributed by atoms with Crippen LogP contribution in [0.3, 0.4) is 0 Å². The van der Waals surface area contributed by atoms with Crippen molar-refractivity contribution in [3.63, 3.8) is 0 Å². The highest BCUT2D eigenvalue weighted by atomic mass is 32.2. The molecule has 82 valence electrons. The molecule has 15 heavy (non-hydrogen) atoms. The maximum atomic E-state index is 12.2. The van der Waals surface area contributed by atoms with Gasteiger partial charge in [-0.25, -0.2) is 4.98 Å². The molecule has 2 unspecified atom stereocenters. The number of nitrogens with one attached hydrogen (secondary N) is 1. The van der Waals surface area contributed by atoms with Gasteiger partial charge in [-0.2, -0.15) is 0 Å². The van der Waals surface area contributed by atoms with E-state index in [0.29, 0.717) is 0 Å². The second-order valence-corrected chi connectivity index (χ2v) is 5.62. The first kappa shape index (κ1) is 10.8. The molecule has 1 aliphatic heterocycles. The molecule has 1 aliphatic rings. The number of hydrogen-bond donors (Lipinski definition) is 1. The molecule has 0 radical (unpaired) electrons. The minimum atomic E-state index is -0.954. The molecule has 0 saturated carbocycles. The fourth-order valence-corrected chi connectivity index (χ4v) is 3.25. The van der Waals surface area contributed by atoms with Crippen LogP contribution in [0.4, 0.5) is 0 Å². The van der Waals surface area contributed by atoms with Crippen molar-refractivity contribution in [2.45, 2.75) is 30.0 Å². The first-order valence-corrected chi connectivity index (χ1v) is 6.52. The molecule has 0 aromatic carbocycles. The molecule has 2 heterocycles. The summed E-state index contributed by atoms with van der Waals surface area (Å²) in [5.74, 6) is 0. The maximum absolute atomic E-state index is 12.2. The molecule has 0 bridgehead atoms. The number of hydrogen-bond acceptors (Lipinski definition) is 3. The van der Waals surface area contributed by atoms with Crippen LogP contribution in [0.1, 0.15) is 18.4 Å². The summed E-state index contributed by atoms with van der Waals surface area (Å²) in [7, 11) is -0.954. The zero-order valence-electron chi connectivity index (χ0n) is 8.90. The molecule has 0 aliphatic carbocycles. The maximum Gasteiger partial charge on any atom is 0.127 e. The van der Waals surface area contributed by atoms with Gasteiger partial charge < -0.3 is 5.32 Å². The van der Waals surface area contributed by atoms with Crippen LogP contribution in [0, 0.1) is 6.92 Å². The van der Waals surface area contributed by atoms with E-state index in [-0.39, 0.29) is 5.25 Å². The molecule has 2 atom stereocenters. The molecule has 0 amide bonds. The van der Waals surface area contributed by atoms with Crippen molar-refractivity contribution >= 4 is 10.8 Å². The van der Waals surface area contributed by atoms with Gasteiger partial charge in [0.15, 0.2) is 0 Å². The number of nitrogens with zero attached hydrogens (tertiary/aromatic N) is 1. The number of rotatable bonds is 2. The lowest BCUT2D eigenvalue weighted by molar-refractivity contribution is 0.519. The normalized spacial score (nSPS) is 23.7. The average molecular weight is 224 g/mol. The summed E-state index contributed by atoms with van der Waals surface area (Å²) < 4.78 is 12.2. The van der Waals surface area contributed by atoms with Gasteiger partial charge in [0.1, 0.15) is 5.03 Å². The first-order valence-electron chi connectivity index (χ1n) is 5.31. The summed E-state index contributed by atoms with van der Waals surface area (Å²) in [6.07, 6.45) is 3.89. The number of piperidine rings is 1. The molecule has 1 N–H and O–H groups in total. The SMILES string of the molecule is Cc1ccnc(S(=O)C2CCCNC2)c1. The summed E-state index contributed by atoms with van der Waals surface area (Å²) in [4.78, 5) is 4.19. The second kappa shape index (κ2) is 4.86. The minimum absolute atomic E-state index is 0.230. The number of aryl methyl sites for hydroxylation is 1. The van der Waals surface area contributed by atoms with Gasteiger partial charge in [-0.05, 0) is 44.0 Å². The Morgan fingerprint density at radius 1 is 1.60 bits per heavy atom. The molecule has 3 nitrogen and oxygen atoms in total. The highest BCUT2D eigenvalue weighted by molar-refractivity contribution is 7.85. The van der Waals surface area contributed by atoms with Crippen molar-refractivity contribution in [1.82, 2.24) is 10.3 Å². The van der Waals surface area contributed by atoms with Crippen molar-refractivity contribution in [2.24, 2.45) is 0 Å². The summed E-state index contributed by atoms with van der Waals surface area (Å²) in [6.45, 7) is 3.90. The van der Waals surface area contributed by atoms with Crippen LogP contribution in [-0.2, 0) is 10.8 Å². The van der Waals surface area contributed by atoms with E-state index in [4.69, 9.17) is 0 Å². The van der Waals surface area contributed by atoms with Gasteiger partial charge in [-0.3, -0.25) is 4.21 Å². The lowest BCUT2D eigenvalue weighted by Crippen LogP contribution is -2.36. The topological polar surface area (TPSA) is 42.0 Å². The predicted molar refractivity (Wildman–Crippen MR) is 61.3 cm³/mol. The van der Waals surface area contributed by atoms with E-state index < -0.39 is 10.8 Å². The third kappa shape index (κ3) is 2.63. The van der Waals surface area contributed by atoms with Gasteiger partial charge in [0, 0.05) is 12.7 Å². The van der Waals surface area contributed by atoms with Gasteiger partial charge in [0.05, 0.1) is 16.0 Å². The van der Waals surface area contributed by atoms with E-state index >= 15 is 0 Å². The minimum Gasteiger partial charge on any atom is -0.316 e. The monoisotopic (exact) mass is 224 g/mol. The van der Waals surface area contributed by atoms with Crippen molar-refractivity contribution in [2.75, 3.05) is 13.1 Å². The third-order valence-corrected chi connectivity index (χ3v) is 4.29. The number of pyridine rings is 1. The van der Waals surface area contributed by atoms with Gasteiger partial charge in [-0.1, -0.05) is 0 Å². The molecule has 1 fully saturated rings. The average Bonchev–Trinajstić information content (AvgIpc) is 2.29. The second-order valence-electron chi connectivity index (χ2n) is 3.94. The molecule has 1 saturated heterocycles. The molecule has 4 heteroatoms. The van der Waals surface area contributed by atoms with E-state index in [1.54, 1.807) is 6.20 Å². The van der Waals surface area contributed by atoms with Crippen LogP contribution in [0.5, 0.6) is 0 Å². The van der Waals surface area contributed by atoms with Crippen molar-refractivity contribution in [1.29, 1.82) is 0 Å². The summed E-state index contributed by atoms with van der Waals surface area (Å²) in [6, 6.07) is 3.85. The summed E-state index contributed by atoms with van der Waals surface area (Å²) in [5.41, 5.74) is 1.12. The Hall–Kier alpha value is -0.740. The summed E-state index contributed by atoms with van der Waals surface area (Å²) >= 11 is 0. The van der Waals surface area contributed by atoms with Gasteiger partial charge in [0.25, 0.3) is 0 Å². The Morgan fingerprint density at radius 2 is 2.47 bits per heavy atom. The summed E-state index contributed by atoms with van der Waals surface area (Å²) in [5, 5.41) is 4.23. The van der Waals surface area contributed by atoms with Gasteiger partial charge in [0.2, 0.25) is 0 Å². The van der Waals surface area contributed by atoms with Crippen LogP contribution in [0.2, 0.25) is 0 Å². The largest absolute Gasteiger partial charge is 0.316 e. The highest BCUT2D eigenvalue weighted by Gasteiger charge is 2.21. The first-order chi connectivity index (χ1) is 7.27. The van der Waals surface area contributed by atoms with Crippen molar-refractivity contribution in [3.8, 4) is 0 Å². The van der Waals surface area contributed by atoms with Crippen molar-refractivity contribution in [3.05, 3.63) is 23.9 Å². The Kier molecular flexibility index (Phi) is 3.49. The van der Waals surface area contributed by atoms with Crippen LogP contribution in [0.25, 0.3) is 0 Å².